The van der Waals surface area contributed by atoms with Crippen molar-refractivity contribution >= 4 is 41.4 Å². The minimum atomic E-state index is -1.27. The zero-order valence-corrected chi connectivity index (χ0v) is 32.3. The lowest BCUT2D eigenvalue weighted by atomic mass is 9.90. The molecule has 55 heavy (non-hydrogen) atoms. The quantitative estimate of drug-likeness (QED) is 0.0364. The molecule has 1 atom stereocenters. The van der Waals surface area contributed by atoms with Crippen LogP contribution >= 0.6 is 0 Å². The molecule has 0 bridgehead atoms. The van der Waals surface area contributed by atoms with Crippen LogP contribution in [0.25, 0.3) is 17.2 Å². The third-order valence-corrected chi connectivity index (χ3v) is 9.03. The Bertz CT molecular complexity index is 1900. The van der Waals surface area contributed by atoms with Crippen LogP contribution < -0.4 is 10.1 Å². The number of Topliss-reactive ketones (excluding diaryl/α,β-unsaturated/α-hetero) is 1. The largest absolute Gasteiger partial charge is 0.496 e. The monoisotopic (exact) mass is 753 g/mol. The van der Waals surface area contributed by atoms with Gasteiger partial charge in [-0.1, -0.05) is 77.0 Å². The van der Waals surface area contributed by atoms with Gasteiger partial charge in [0.25, 0.3) is 5.91 Å². The average Bonchev–Trinajstić information content (AvgIpc) is 4.01. The molecule has 1 aliphatic rings. The van der Waals surface area contributed by atoms with Gasteiger partial charge in [0.2, 0.25) is 6.29 Å². The van der Waals surface area contributed by atoms with Crippen molar-refractivity contribution in [3.05, 3.63) is 88.8 Å². The molecular weight excluding hydrogens is 702 g/mol. The summed E-state index contributed by atoms with van der Waals surface area (Å²) in [4.78, 5) is 69.9. The molecule has 1 aromatic heterocycles. The number of nitrogens with zero attached hydrogens (tertiary/aromatic N) is 1. The summed E-state index contributed by atoms with van der Waals surface area (Å²) in [5.74, 6) is -2.48. The van der Waals surface area contributed by atoms with Crippen LogP contribution in [0, 0.1) is 17.2 Å². The highest BCUT2D eigenvalue weighted by molar-refractivity contribution is 6.09. The van der Waals surface area contributed by atoms with Crippen LogP contribution in [0.2, 0.25) is 0 Å². The van der Waals surface area contributed by atoms with Crippen molar-refractivity contribution in [2.75, 3.05) is 20.3 Å². The molecule has 292 valence electrons. The van der Waals surface area contributed by atoms with Gasteiger partial charge in [-0.2, -0.15) is 0 Å². The normalized spacial score (nSPS) is 12.7. The van der Waals surface area contributed by atoms with E-state index in [9.17, 15) is 24.0 Å². The summed E-state index contributed by atoms with van der Waals surface area (Å²) in [6.45, 7) is 11.5. The molecule has 1 saturated carbocycles. The summed E-state index contributed by atoms with van der Waals surface area (Å²) < 4.78 is 21.6. The van der Waals surface area contributed by atoms with Gasteiger partial charge in [-0.15, -0.1) is 0 Å². The van der Waals surface area contributed by atoms with Gasteiger partial charge in [-0.3, -0.25) is 19.2 Å². The number of pyridine rings is 1. The highest BCUT2D eigenvalue weighted by Gasteiger charge is 2.28. The van der Waals surface area contributed by atoms with Crippen molar-refractivity contribution in [3.8, 4) is 16.9 Å². The molecule has 0 saturated heterocycles. The Balaban J connectivity index is 1.64. The molecule has 2 N–H and O–H groups in total. The van der Waals surface area contributed by atoms with E-state index in [4.69, 9.17) is 24.4 Å². The molecule has 1 unspecified atom stereocenters. The van der Waals surface area contributed by atoms with E-state index in [1.54, 1.807) is 56.3 Å². The van der Waals surface area contributed by atoms with Crippen molar-refractivity contribution in [1.29, 1.82) is 5.41 Å². The third kappa shape index (κ3) is 12.2. The first kappa shape index (κ1) is 42.1. The summed E-state index contributed by atoms with van der Waals surface area (Å²) in [6.07, 6.45) is 6.05. The number of ketones is 1. The summed E-state index contributed by atoms with van der Waals surface area (Å²) in [6, 6.07) is 13.0. The van der Waals surface area contributed by atoms with Gasteiger partial charge < -0.3 is 29.7 Å². The molecule has 0 spiro atoms. The van der Waals surface area contributed by atoms with E-state index in [1.807, 2.05) is 0 Å². The number of esters is 3. The lowest BCUT2D eigenvalue weighted by Gasteiger charge is -2.19. The van der Waals surface area contributed by atoms with Crippen molar-refractivity contribution < 1.29 is 42.9 Å². The molecule has 4 rings (SSSR count). The van der Waals surface area contributed by atoms with Crippen molar-refractivity contribution in [2.45, 2.75) is 85.4 Å². The van der Waals surface area contributed by atoms with Crippen LogP contribution in [0.15, 0.2) is 55.1 Å². The predicted octanol–water partition coefficient (Wildman–Crippen LogP) is 7.55. The number of amides is 1. The third-order valence-electron chi connectivity index (χ3n) is 9.03. The minimum Gasteiger partial charge on any atom is -0.496 e. The number of methoxy groups -OCH3 is 1. The Hall–Kier alpha value is -5.65. The number of aromatic nitrogens is 1. The lowest BCUT2D eigenvalue weighted by molar-refractivity contribution is -0.169. The fourth-order valence-electron chi connectivity index (χ4n) is 5.64. The first-order valence-electron chi connectivity index (χ1n) is 18.8. The molecule has 1 amide bonds. The number of hydrogen-bond donors (Lipinski definition) is 2. The molecule has 1 aliphatic carbocycles. The van der Waals surface area contributed by atoms with Crippen LogP contribution in [0.3, 0.4) is 0 Å². The second-order valence-electron chi connectivity index (χ2n) is 13.9. The molecule has 12 nitrogen and oxygen atoms in total. The fraction of sp³-hybridized carbons (Fsp3) is 0.419. The number of carbonyl (C=O) groups excluding carboxylic acids is 5. The van der Waals surface area contributed by atoms with Gasteiger partial charge in [0.05, 0.1) is 26.1 Å². The lowest BCUT2D eigenvalue weighted by Crippen LogP contribution is -2.28. The fourth-order valence-corrected chi connectivity index (χ4v) is 5.64. The molecule has 1 heterocycles. The van der Waals surface area contributed by atoms with E-state index in [0.717, 1.165) is 38.5 Å². The second-order valence-corrected chi connectivity index (χ2v) is 13.9. The second kappa shape index (κ2) is 20.1. The van der Waals surface area contributed by atoms with Crippen LogP contribution in [-0.4, -0.2) is 66.8 Å². The van der Waals surface area contributed by atoms with Crippen molar-refractivity contribution in [2.24, 2.45) is 11.8 Å². The van der Waals surface area contributed by atoms with E-state index >= 15 is 0 Å². The molecule has 12 heteroatoms. The highest BCUT2D eigenvalue weighted by atomic mass is 16.7. The Morgan fingerprint density at radius 2 is 1.69 bits per heavy atom. The van der Waals surface area contributed by atoms with Crippen LogP contribution in [0.1, 0.15) is 121 Å². The number of rotatable bonds is 21. The minimum absolute atomic E-state index is 0.0309. The van der Waals surface area contributed by atoms with Crippen molar-refractivity contribution in [3.63, 3.8) is 0 Å². The molecule has 0 radical (unpaired) electrons. The number of hydrogen-bond acceptors (Lipinski definition) is 11. The average molecular weight is 754 g/mol. The topological polar surface area (TPSA) is 171 Å². The number of nitrogens with one attached hydrogen (secondary N) is 2. The maximum atomic E-state index is 14.1. The zero-order valence-electron chi connectivity index (χ0n) is 32.3. The Morgan fingerprint density at radius 3 is 2.33 bits per heavy atom. The molecule has 0 aliphatic heterocycles. The van der Waals surface area contributed by atoms with E-state index in [0.29, 0.717) is 41.5 Å². The summed E-state index contributed by atoms with van der Waals surface area (Å²) in [5.41, 5.74) is 2.19. The molecular formula is C43H51N3O9. The molecule has 3 aromatic rings. The van der Waals surface area contributed by atoms with Gasteiger partial charge in [0, 0.05) is 42.3 Å². The van der Waals surface area contributed by atoms with Gasteiger partial charge in [0.15, 0.2) is 11.5 Å². The summed E-state index contributed by atoms with van der Waals surface area (Å²) >= 11 is 0. The van der Waals surface area contributed by atoms with Crippen molar-refractivity contribution in [1.82, 2.24) is 10.3 Å². The first-order valence-corrected chi connectivity index (χ1v) is 18.8. The van der Waals surface area contributed by atoms with Crippen LogP contribution in [0.5, 0.6) is 5.75 Å². The van der Waals surface area contributed by atoms with Gasteiger partial charge >= 0.3 is 17.9 Å². The van der Waals surface area contributed by atoms with E-state index < -0.39 is 36.0 Å². The Labute approximate surface area is 322 Å². The van der Waals surface area contributed by atoms with Gasteiger partial charge in [0.1, 0.15) is 11.4 Å². The molecule has 1 fully saturated rings. The summed E-state index contributed by atoms with van der Waals surface area (Å²) in [7, 11) is 1.46. The SMILES string of the molecule is C=Cc1cc(C(=O)Cc2ccc(C(=N)CC(=O)OCCCCCC)cc2)c(-c2ccc(C(=O)NCC3CC3)nc2C(=O)OC(C)OC(=O)C(C)C)cc1OC. The van der Waals surface area contributed by atoms with E-state index in [-0.39, 0.29) is 52.4 Å². The Kier molecular flexibility index (Phi) is 15.4. The zero-order chi connectivity index (χ0) is 40.1. The maximum Gasteiger partial charge on any atom is 0.360 e. The van der Waals surface area contributed by atoms with Gasteiger partial charge in [-0.25, -0.2) is 9.78 Å². The van der Waals surface area contributed by atoms with E-state index in [1.165, 1.54) is 26.2 Å². The van der Waals surface area contributed by atoms with E-state index in [2.05, 4.69) is 23.8 Å². The molecule has 2 aromatic carbocycles. The predicted molar refractivity (Wildman–Crippen MR) is 208 cm³/mol. The highest BCUT2D eigenvalue weighted by Crippen LogP contribution is 2.35. The smallest absolute Gasteiger partial charge is 0.360 e. The van der Waals surface area contributed by atoms with Crippen LogP contribution in [-0.2, 0) is 30.2 Å². The number of carbonyl (C=O) groups is 5. The standard InChI is InChI=1S/C43H51N3O9/c1-7-9-10-11-20-53-39(48)24-35(44)31-16-14-28(15-17-31)21-37(47)34-22-30(8-2)38(52-6)23-33(34)32-18-19-36(41(49)45-25-29-12-13-29)46-40(32)43(51)55-27(5)54-42(50)26(3)4/h8,14-19,22-23,26-27,29,44H,2,7,9-13,20-21,24-25H2,1,3-6H3,(H,45,49). The number of benzene rings is 2. The Morgan fingerprint density at radius 1 is 0.964 bits per heavy atom. The van der Waals surface area contributed by atoms with Crippen LogP contribution in [0.4, 0.5) is 0 Å². The van der Waals surface area contributed by atoms with Gasteiger partial charge in [-0.05, 0) is 66.1 Å². The summed E-state index contributed by atoms with van der Waals surface area (Å²) in [5, 5.41) is 11.3. The number of unbranched alkanes of at least 4 members (excludes halogenated alkanes) is 3. The first-order chi connectivity index (χ1) is 26.3. The number of ether oxygens (including phenoxy) is 4. The maximum absolute atomic E-state index is 14.1.